The van der Waals surface area contributed by atoms with Gasteiger partial charge in [0.2, 0.25) is 5.89 Å². The Morgan fingerprint density at radius 3 is 2.88 bits per heavy atom. The van der Waals surface area contributed by atoms with Gasteiger partial charge in [0, 0.05) is 0 Å². The first-order valence-corrected chi connectivity index (χ1v) is 8.31. The molecule has 0 saturated heterocycles. The van der Waals surface area contributed by atoms with Crippen LogP contribution in [0.1, 0.15) is 16.2 Å². The molecule has 0 radical (unpaired) electrons. The fourth-order valence-corrected chi connectivity index (χ4v) is 3.24. The number of carbonyl (C=O) groups is 1. The van der Waals surface area contributed by atoms with Crippen molar-refractivity contribution < 1.29 is 13.9 Å². The summed E-state index contributed by atoms with van der Waals surface area (Å²) in [6.07, 6.45) is 2.51. The monoisotopic (exact) mass is 335 g/mol. The summed E-state index contributed by atoms with van der Waals surface area (Å²) in [4.78, 5) is 16.7. The zero-order valence-corrected chi connectivity index (χ0v) is 13.5. The molecule has 0 aliphatic carbocycles. The molecule has 4 aromatic rings. The van der Waals surface area contributed by atoms with Crippen LogP contribution >= 0.6 is 11.3 Å². The number of aldehydes is 1. The molecule has 2 aromatic heterocycles. The molecular formula is C19H13NO3S. The Morgan fingerprint density at radius 1 is 1.12 bits per heavy atom. The number of rotatable bonds is 5. The van der Waals surface area contributed by atoms with Crippen molar-refractivity contribution in [3.8, 4) is 16.4 Å². The molecule has 0 amide bonds. The summed E-state index contributed by atoms with van der Waals surface area (Å²) in [5.41, 5.74) is 0.540. The Labute approximate surface area is 142 Å². The molecule has 24 heavy (non-hydrogen) atoms. The number of hydrogen-bond acceptors (Lipinski definition) is 5. The Kier molecular flexibility index (Phi) is 3.84. The number of nitrogens with zero attached hydrogens (tertiary/aromatic N) is 1. The maximum atomic E-state index is 11.5. The van der Waals surface area contributed by atoms with Crippen LogP contribution in [0.3, 0.4) is 0 Å². The SMILES string of the molecule is O=Cc1c(OCc2ncc(-c3cccs3)o2)ccc2ccccc12. The van der Waals surface area contributed by atoms with Crippen molar-refractivity contribution >= 4 is 28.4 Å². The third kappa shape index (κ3) is 2.70. The van der Waals surface area contributed by atoms with E-state index in [1.54, 1.807) is 23.6 Å². The Morgan fingerprint density at radius 2 is 2.04 bits per heavy atom. The second-order valence-corrected chi connectivity index (χ2v) is 6.15. The number of ether oxygens (including phenoxy) is 1. The van der Waals surface area contributed by atoms with Crippen LogP contribution in [-0.2, 0) is 6.61 Å². The molecule has 0 N–H and O–H groups in total. The molecule has 0 atom stereocenters. The first kappa shape index (κ1) is 14.7. The standard InChI is InChI=1S/C19H13NO3S/c21-11-15-14-5-2-1-4-13(14)7-8-16(15)22-12-19-20-10-17(23-19)18-6-3-9-24-18/h1-11H,12H2. The van der Waals surface area contributed by atoms with Gasteiger partial charge in [0.25, 0.3) is 0 Å². The van der Waals surface area contributed by atoms with E-state index < -0.39 is 0 Å². The zero-order valence-electron chi connectivity index (χ0n) is 12.6. The summed E-state index contributed by atoms with van der Waals surface area (Å²) in [5.74, 6) is 1.72. The molecule has 0 aliphatic rings. The largest absolute Gasteiger partial charge is 0.483 e. The molecule has 118 valence electrons. The lowest BCUT2D eigenvalue weighted by Gasteiger charge is -2.09. The van der Waals surface area contributed by atoms with Gasteiger partial charge in [0.05, 0.1) is 16.6 Å². The maximum absolute atomic E-state index is 11.5. The molecule has 0 aliphatic heterocycles. The second kappa shape index (κ2) is 6.29. The second-order valence-electron chi connectivity index (χ2n) is 5.20. The van der Waals surface area contributed by atoms with Crippen LogP contribution in [0.5, 0.6) is 5.75 Å². The summed E-state index contributed by atoms with van der Waals surface area (Å²) in [6, 6.07) is 15.4. The molecule has 0 fully saturated rings. The molecule has 2 aromatic carbocycles. The van der Waals surface area contributed by atoms with Crippen molar-refractivity contribution in [2.45, 2.75) is 6.61 Å². The van der Waals surface area contributed by atoms with E-state index in [-0.39, 0.29) is 6.61 Å². The van der Waals surface area contributed by atoms with E-state index in [0.29, 0.717) is 17.2 Å². The fraction of sp³-hybridized carbons (Fsp3) is 0.0526. The van der Waals surface area contributed by atoms with Gasteiger partial charge >= 0.3 is 0 Å². The van der Waals surface area contributed by atoms with Crippen LogP contribution in [0, 0.1) is 0 Å². The minimum absolute atomic E-state index is 0.171. The Balaban J connectivity index is 1.58. The van der Waals surface area contributed by atoms with Crippen LogP contribution in [0.4, 0.5) is 0 Å². The molecule has 0 bridgehead atoms. The normalized spacial score (nSPS) is 10.8. The average Bonchev–Trinajstić information content (AvgIpc) is 3.30. The lowest BCUT2D eigenvalue weighted by atomic mass is 10.0. The average molecular weight is 335 g/mol. The van der Waals surface area contributed by atoms with E-state index in [9.17, 15) is 4.79 Å². The van der Waals surface area contributed by atoms with Crippen molar-refractivity contribution in [2.75, 3.05) is 0 Å². The van der Waals surface area contributed by atoms with E-state index >= 15 is 0 Å². The minimum Gasteiger partial charge on any atom is -0.483 e. The Hall–Kier alpha value is -2.92. The summed E-state index contributed by atoms with van der Waals surface area (Å²) in [7, 11) is 0. The van der Waals surface area contributed by atoms with Gasteiger partial charge in [-0.1, -0.05) is 36.4 Å². The molecule has 0 spiro atoms. The summed E-state index contributed by atoms with van der Waals surface area (Å²) in [5, 5.41) is 3.86. The third-order valence-electron chi connectivity index (χ3n) is 3.72. The van der Waals surface area contributed by atoms with Gasteiger partial charge in [-0.25, -0.2) is 4.98 Å². The van der Waals surface area contributed by atoms with Gasteiger partial charge in [-0.2, -0.15) is 0 Å². The van der Waals surface area contributed by atoms with Crippen molar-refractivity contribution in [3.05, 3.63) is 71.6 Å². The van der Waals surface area contributed by atoms with Gasteiger partial charge in [-0.3, -0.25) is 4.79 Å². The van der Waals surface area contributed by atoms with E-state index in [2.05, 4.69) is 4.98 Å². The number of aromatic nitrogens is 1. The van der Waals surface area contributed by atoms with Gasteiger partial charge < -0.3 is 9.15 Å². The topological polar surface area (TPSA) is 52.3 Å². The predicted octanol–water partition coefficient (Wildman–Crippen LogP) is 4.95. The molecule has 4 nitrogen and oxygen atoms in total. The number of oxazole rings is 1. The number of thiophene rings is 1. The van der Waals surface area contributed by atoms with Crippen LogP contribution in [0.2, 0.25) is 0 Å². The highest BCUT2D eigenvalue weighted by molar-refractivity contribution is 7.13. The van der Waals surface area contributed by atoms with Crippen LogP contribution in [-0.4, -0.2) is 11.3 Å². The van der Waals surface area contributed by atoms with Crippen LogP contribution < -0.4 is 4.74 Å². The van der Waals surface area contributed by atoms with E-state index in [4.69, 9.17) is 9.15 Å². The fourth-order valence-electron chi connectivity index (χ4n) is 2.57. The molecular weight excluding hydrogens is 322 g/mol. The highest BCUT2D eigenvalue weighted by Crippen LogP contribution is 2.28. The van der Waals surface area contributed by atoms with Crippen molar-refractivity contribution in [1.82, 2.24) is 4.98 Å². The number of hydrogen-bond donors (Lipinski definition) is 0. The highest BCUT2D eigenvalue weighted by atomic mass is 32.1. The van der Waals surface area contributed by atoms with Gasteiger partial charge in [-0.05, 0) is 28.3 Å². The van der Waals surface area contributed by atoms with E-state index in [1.807, 2.05) is 47.8 Å². The van der Waals surface area contributed by atoms with E-state index in [0.717, 1.165) is 27.7 Å². The first-order chi connectivity index (χ1) is 11.8. The van der Waals surface area contributed by atoms with Crippen molar-refractivity contribution in [1.29, 1.82) is 0 Å². The summed E-state index contributed by atoms with van der Waals surface area (Å²) in [6.45, 7) is 0.171. The maximum Gasteiger partial charge on any atom is 0.232 e. The molecule has 2 heterocycles. The molecule has 5 heteroatoms. The minimum atomic E-state index is 0.171. The molecule has 0 unspecified atom stereocenters. The molecule has 0 saturated carbocycles. The number of carbonyl (C=O) groups excluding carboxylic acids is 1. The van der Waals surface area contributed by atoms with Gasteiger partial charge in [-0.15, -0.1) is 11.3 Å². The van der Waals surface area contributed by atoms with Gasteiger partial charge in [0.15, 0.2) is 18.7 Å². The predicted molar refractivity (Wildman–Crippen MR) is 93.5 cm³/mol. The summed E-state index contributed by atoms with van der Waals surface area (Å²) >= 11 is 1.59. The quantitative estimate of drug-likeness (QED) is 0.484. The van der Waals surface area contributed by atoms with Crippen molar-refractivity contribution in [3.63, 3.8) is 0 Å². The number of fused-ring (bicyclic) bond motifs is 1. The lowest BCUT2D eigenvalue weighted by molar-refractivity contribution is 0.112. The number of benzene rings is 2. The zero-order chi connectivity index (χ0) is 16.4. The summed E-state index contributed by atoms with van der Waals surface area (Å²) < 4.78 is 11.5. The van der Waals surface area contributed by atoms with E-state index in [1.165, 1.54) is 0 Å². The highest BCUT2D eigenvalue weighted by Gasteiger charge is 2.11. The van der Waals surface area contributed by atoms with Crippen molar-refractivity contribution in [2.24, 2.45) is 0 Å². The first-order valence-electron chi connectivity index (χ1n) is 7.43. The molecule has 4 rings (SSSR count). The lowest BCUT2D eigenvalue weighted by Crippen LogP contribution is -1.99. The van der Waals surface area contributed by atoms with Crippen LogP contribution in [0.25, 0.3) is 21.4 Å². The Bertz CT molecular complexity index is 989. The third-order valence-corrected chi connectivity index (χ3v) is 4.60. The van der Waals surface area contributed by atoms with Crippen LogP contribution in [0.15, 0.2) is 64.5 Å². The smallest absolute Gasteiger partial charge is 0.232 e. The van der Waals surface area contributed by atoms with Gasteiger partial charge in [0.1, 0.15) is 5.75 Å².